The van der Waals surface area contributed by atoms with E-state index in [1.807, 2.05) is 0 Å². The molecule has 0 unspecified atom stereocenters. The molecular formula is C23H13Cl2FN2O2. The molecule has 4 nitrogen and oxygen atoms in total. The van der Waals surface area contributed by atoms with Crippen LogP contribution in [0, 0.1) is 5.82 Å². The standard InChI is InChI=1S/C23H13Cl2FN2O2/c24-14-4-6-19-16(12-14)21(13-8-10-27-11-9-13)22(23(30)28-19)20(29)7-5-15-17(25)2-1-3-18(15)26/h1-12H,(H,28,30)/b7-5+. The van der Waals surface area contributed by atoms with E-state index < -0.39 is 17.2 Å². The molecule has 0 fully saturated rings. The quantitative estimate of drug-likeness (QED) is 0.317. The van der Waals surface area contributed by atoms with E-state index in [1.54, 1.807) is 42.7 Å². The SMILES string of the molecule is O=C(/C=C/c1c(F)cccc1Cl)c1c(-c2ccncc2)c2cc(Cl)ccc2[nH]c1=O. The average Bonchev–Trinajstić information content (AvgIpc) is 2.73. The predicted molar refractivity (Wildman–Crippen MR) is 118 cm³/mol. The molecule has 148 valence electrons. The van der Waals surface area contributed by atoms with Crippen LogP contribution in [0.4, 0.5) is 4.39 Å². The van der Waals surface area contributed by atoms with Crippen LogP contribution in [0.15, 0.2) is 71.8 Å². The minimum Gasteiger partial charge on any atom is -0.321 e. The highest BCUT2D eigenvalue weighted by Crippen LogP contribution is 2.31. The maximum Gasteiger partial charge on any atom is 0.260 e. The van der Waals surface area contributed by atoms with Gasteiger partial charge in [-0.25, -0.2) is 4.39 Å². The van der Waals surface area contributed by atoms with E-state index >= 15 is 0 Å². The second kappa shape index (κ2) is 8.22. The topological polar surface area (TPSA) is 62.8 Å². The third-order valence-corrected chi connectivity index (χ3v) is 5.16. The lowest BCUT2D eigenvalue weighted by molar-refractivity contribution is 0.104. The van der Waals surface area contributed by atoms with Crippen molar-refractivity contribution in [1.29, 1.82) is 0 Å². The van der Waals surface area contributed by atoms with Gasteiger partial charge in [-0.2, -0.15) is 0 Å². The summed E-state index contributed by atoms with van der Waals surface area (Å²) in [4.78, 5) is 32.6. The summed E-state index contributed by atoms with van der Waals surface area (Å²) in [7, 11) is 0. The van der Waals surface area contributed by atoms with Gasteiger partial charge >= 0.3 is 0 Å². The van der Waals surface area contributed by atoms with Crippen LogP contribution in [0.1, 0.15) is 15.9 Å². The van der Waals surface area contributed by atoms with Crippen molar-refractivity contribution in [1.82, 2.24) is 9.97 Å². The summed E-state index contributed by atoms with van der Waals surface area (Å²) in [5.74, 6) is -1.16. The van der Waals surface area contributed by atoms with Gasteiger partial charge in [-0.05, 0) is 60.2 Å². The number of pyridine rings is 2. The van der Waals surface area contributed by atoms with Crippen LogP contribution in [0.2, 0.25) is 10.0 Å². The number of carbonyl (C=O) groups excluding carboxylic acids is 1. The van der Waals surface area contributed by atoms with Gasteiger partial charge < -0.3 is 4.98 Å². The van der Waals surface area contributed by atoms with E-state index in [0.717, 1.165) is 6.08 Å². The Bertz CT molecular complexity index is 1340. The van der Waals surface area contributed by atoms with Gasteiger partial charge in [0.1, 0.15) is 5.82 Å². The largest absolute Gasteiger partial charge is 0.321 e. The van der Waals surface area contributed by atoms with Crippen molar-refractivity contribution in [3.05, 3.63) is 104 Å². The normalized spacial score (nSPS) is 11.3. The van der Waals surface area contributed by atoms with Crippen molar-refractivity contribution in [3.63, 3.8) is 0 Å². The van der Waals surface area contributed by atoms with Crippen molar-refractivity contribution < 1.29 is 9.18 Å². The Morgan fingerprint density at radius 1 is 1.07 bits per heavy atom. The van der Waals surface area contributed by atoms with E-state index in [1.165, 1.54) is 24.3 Å². The van der Waals surface area contributed by atoms with E-state index in [2.05, 4.69) is 9.97 Å². The first-order valence-corrected chi connectivity index (χ1v) is 9.63. The number of nitrogens with one attached hydrogen (secondary N) is 1. The van der Waals surface area contributed by atoms with Crippen LogP contribution >= 0.6 is 23.2 Å². The number of carbonyl (C=O) groups is 1. The Kier molecular flexibility index (Phi) is 5.48. The van der Waals surface area contributed by atoms with Crippen molar-refractivity contribution in [2.75, 3.05) is 0 Å². The fraction of sp³-hybridized carbons (Fsp3) is 0. The summed E-state index contributed by atoms with van der Waals surface area (Å²) in [5, 5.41) is 1.22. The summed E-state index contributed by atoms with van der Waals surface area (Å²) in [6.45, 7) is 0. The lowest BCUT2D eigenvalue weighted by Gasteiger charge is -2.11. The van der Waals surface area contributed by atoms with Crippen LogP contribution in [-0.4, -0.2) is 15.8 Å². The molecule has 30 heavy (non-hydrogen) atoms. The number of aromatic amines is 1. The Morgan fingerprint density at radius 3 is 2.57 bits per heavy atom. The fourth-order valence-corrected chi connectivity index (χ4v) is 3.63. The molecule has 0 aliphatic carbocycles. The lowest BCUT2D eigenvalue weighted by atomic mass is 9.94. The zero-order valence-corrected chi connectivity index (χ0v) is 16.8. The Hall–Kier alpha value is -3.28. The number of rotatable bonds is 4. The number of nitrogens with zero attached hydrogens (tertiary/aromatic N) is 1. The van der Waals surface area contributed by atoms with Gasteiger partial charge in [-0.15, -0.1) is 0 Å². The van der Waals surface area contributed by atoms with Crippen LogP contribution in [0.25, 0.3) is 28.1 Å². The van der Waals surface area contributed by atoms with Gasteiger partial charge in [0.25, 0.3) is 5.56 Å². The number of H-pyrrole nitrogens is 1. The van der Waals surface area contributed by atoms with Gasteiger partial charge in [0, 0.05) is 39.4 Å². The number of allylic oxidation sites excluding steroid dienone is 1. The second-order valence-corrected chi connectivity index (χ2v) is 7.31. The van der Waals surface area contributed by atoms with Crippen molar-refractivity contribution in [2.24, 2.45) is 0 Å². The van der Waals surface area contributed by atoms with Crippen molar-refractivity contribution >= 4 is 46.0 Å². The molecule has 0 atom stereocenters. The molecule has 0 spiro atoms. The highest BCUT2D eigenvalue weighted by molar-refractivity contribution is 6.32. The predicted octanol–water partition coefficient (Wildman–Crippen LogP) is 5.93. The number of hydrogen-bond acceptors (Lipinski definition) is 3. The first-order valence-electron chi connectivity index (χ1n) is 8.88. The molecule has 0 amide bonds. The second-order valence-electron chi connectivity index (χ2n) is 6.46. The number of aromatic nitrogens is 2. The maximum atomic E-state index is 14.0. The molecule has 2 heterocycles. The summed E-state index contributed by atoms with van der Waals surface area (Å²) >= 11 is 12.2. The Balaban J connectivity index is 1.94. The zero-order chi connectivity index (χ0) is 21.3. The first-order chi connectivity index (χ1) is 14.5. The van der Waals surface area contributed by atoms with Gasteiger partial charge in [0.15, 0.2) is 5.78 Å². The molecule has 0 aliphatic heterocycles. The van der Waals surface area contributed by atoms with Gasteiger partial charge in [0.05, 0.1) is 10.6 Å². The summed E-state index contributed by atoms with van der Waals surface area (Å²) in [6, 6.07) is 12.6. The van der Waals surface area contributed by atoms with Gasteiger partial charge in [-0.1, -0.05) is 29.3 Å². The van der Waals surface area contributed by atoms with Crippen LogP contribution < -0.4 is 5.56 Å². The highest BCUT2D eigenvalue weighted by atomic mass is 35.5. The van der Waals surface area contributed by atoms with E-state index in [9.17, 15) is 14.0 Å². The third kappa shape index (κ3) is 3.77. The molecule has 0 aliphatic rings. The molecule has 4 aromatic rings. The monoisotopic (exact) mass is 438 g/mol. The summed E-state index contributed by atoms with van der Waals surface area (Å²) in [5.41, 5.74) is 1.01. The summed E-state index contributed by atoms with van der Waals surface area (Å²) in [6.07, 6.45) is 5.53. The first kappa shape index (κ1) is 20.0. The molecule has 1 N–H and O–H groups in total. The fourth-order valence-electron chi connectivity index (χ4n) is 3.23. The van der Waals surface area contributed by atoms with Crippen molar-refractivity contribution in [2.45, 2.75) is 0 Å². The van der Waals surface area contributed by atoms with Crippen LogP contribution in [0.3, 0.4) is 0 Å². The molecule has 4 rings (SSSR count). The number of hydrogen-bond donors (Lipinski definition) is 1. The number of halogens is 3. The van der Waals surface area contributed by atoms with E-state index in [0.29, 0.717) is 27.1 Å². The molecule has 0 saturated carbocycles. The number of fused-ring (bicyclic) bond motifs is 1. The third-order valence-electron chi connectivity index (χ3n) is 4.59. The Labute approximate surface area is 180 Å². The molecule has 0 bridgehead atoms. The molecule has 0 saturated heterocycles. The smallest absolute Gasteiger partial charge is 0.260 e. The zero-order valence-electron chi connectivity index (χ0n) is 15.3. The lowest BCUT2D eigenvalue weighted by Crippen LogP contribution is -2.18. The van der Waals surface area contributed by atoms with Crippen molar-refractivity contribution in [3.8, 4) is 11.1 Å². The van der Waals surface area contributed by atoms with Gasteiger partial charge in [-0.3, -0.25) is 14.6 Å². The minimum atomic E-state index is -0.593. The molecule has 2 aromatic carbocycles. The maximum absolute atomic E-state index is 14.0. The Morgan fingerprint density at radius 2 is 1.83 bits per heavy atom. The van der Waals surface area contributed by atoms with Gasteiger partial charge in [0.2, 0.25) is 0 Å². The summed E-state index contributed by atoms with van der Waals surface area (Å²) < 4.78 is 14.0. The molecule has 2 aromatic heterocycles. The molecule has 7 heteroatoms. The van der Waals surface area contributed by atoms with Crippen LogP contribution in [-0.2, 0) is 0 Å². The molecular weight excluding hydrogens is 426 g/mol. The highest BCUT2D eigenvalue weighted by Gasteiger charge is 2.19. The number of ketones is 1. The average molecular weight is 439 g/mol. The van der Waals surface area contributed by atoms with E-state index in [-0.39, 0.29) is 16.1 Å². The van der Waals surface area contributed by atoms with E-state index in [4.69, 9.17) is 23.2 Å². The van der Waals surface area contributed by atoms with Crippen LogP contribution in [0.5, 0.6) is 0 Å². The molecule has 0 radical (unpaired) electrons. The number of benzene rings is 2. The minimum absolute atomic E-state index is 0.0678.